The van der Waals surface area contributed by atoms with E-state index in [-0.39, 0.29) is 25.2 Å². The van der Waals surface area contributed by atoms with Crippen molar-refractivity contribution in [3.63, 3.8) is 0 Å². The first-order valence-corrected chi connectivity index (χ1v) is 28.8. The highest BCUT2D eigenvalue weighted by atomic mass is 16.6. The summed E-state index contributed by atoms with van der Waals surface area (Å²) in [5.41, 5.74) is 0. The fourth-order valence-electron chi connectivity index (χ4n) is 8.49. The maximum Gasteiger partial charge on any atom is 0.306 e. The van der Waals surface area contributed by atoms with Crippen molar-refractivity contribution in [3.8, 4) is 0 Å². The maximum atomic E-state index is 12.3. The van der Waals surface area contributed by atoms with Crippen LogP contribution in [0.4, 0.5) is 0 Å². The molecule has 1 atom stereocenters. The molecule has 0 aliphatic carbocycles. The zero-order valence-electron chi connectivity index (χ0n) is 44.0. The van der Waals surface area contributed by atoms with Gasteiger partial charge in [-0.15, -0.1) is 0 Å². The maximum absolute atomic E-state index is 12.3. The van der Waals surface area contributed by atoms with E-state index in [1.807, 2.05) is 0 Å². The SMILES string of the molecule is CC/C=C\C/C=C\C/C=C\C/C=C\CCCCCCCCC(=O)OC(CO)COC(=O)CCCCCCCCCCCCCCCCCCCCCCC/C=C\CCCCCCCCCC. The van der Waals surface area contributed by atoms with Crippen molar-refractivity contribution in [1.29, 1.82) is 0 Å². The lowest BCUT2D eigenvalue weighted by Gasteiger charge is -2.15. The Kier molecular flexibility index (Phi) is 54.9. The lowest BCUT2D eigenvalue weighted by molar-refractivity contribution is -0.161. The number of rotatable bonds is 53. The number of hydrogen-bond donors (Lipinski definition) is 1. The third kappa shape index (κ3) is 54.2. The van der Waals surface area contributed by atoms with Crippen LogP contribution >= 0.6 is 0 Å². The number of carbonyl (C=O) groups is 2. The lowest BCUT2D eigenvalue weighted by Crippen LogP contribution is -2.28. The summed E-state index contributed by atoms with van der Waals surface area (Å²) in [6.45, 7) is 4.04. The molecule has 0 aliphatic heterocycles. The van der Waals surface area contributed by atoms with E-state index in [0.29, 0.717) is 12.8 Å². The van der Waals surface area contributed by atoms with Crippen molar-refractivity contribution in [2.75, 3.05) is 13.2 Å². The number of aliphatic hydroxyl groups excluding tert-OH is 1. The Bertz CT molecular complexity index is 1130. The van der Waals surface area contributed by atoms with Gasteiger partial charge in [0.2, 0.25) is 0 Å². The van der Waals surface area contributed by atoms with Crippen LogP contribution in [0.25, 0.3) is 0 Å². The second-order valence-corrected chi connectivity index (χ2v) is 19.3. The van der Waals surface area contributed by atoms with Crippen molar-refractivity contribution in [2.24, 2.45) is 0 Å². The molecule has 5 nitrogen and oxygen atoms in total. The van der Waals surface area contributed by atoms with Crippen LogP contribution in [0.1, 0.15) is 296 Å². The minimum atomic E-state index is -0.781. The minimum Gasteiger partial charge on any atom is -0.462 e. The van der Waals surface area contributed by atoms with E-state index in [1.54, 1.807) is 0 Å². The Balaban J connectivity index is 3.43. The van der Waals surface area contributed by atoms with Crippen molar-refractivity contribution in [3.05, 3.63) is 60.8 Å². The summed E-state index contributed by atoms with van der Waals surface area (Å²) < 4.78 is 10.7. The van der Waals surface area contributed by atoms with Gasteiger partial charge in [-0.1, -0.05) is 267 Å². The molecule has 66 heavy (non-hydrogen) atoms. The quantitative estimate of drug-likeness (QED) is 0.0374. The molecule has 0 radical (unpaired) electrons. The second kappa shape index (κ2) is 56.9. The van der Waals surface area contributed by atoms with Crippen LogP contribution in [0.5, 0.6) is 0 Å². The fraction of sp³-hybridized carbons (Fsp3) is 0.803. The standard InChI is InChI=1S/C61H110O5/c1-3-5-7-9-11-13-15-17-19-21-23-24-25-26-27-28-29-30-31-32-33-34-35-36-38-39-41-43-45-47-49-51-53-55-60(63)65-58-59(57-62)66-61(64)56-54-52-50-48-46-44-42-40-37-22-20-18-16-14-12-10-8-6-4-2/h6,8,12,14,18,20-21,23,37,40,59,62H,3-5,7,9-11,13,15-17,19,22,24-36,38-39,41-58H2,1-2H3/b8-6-,14-12-,20-18-,23-21-,40-37-. The number of allylic oxidation sites excluding steroid dienone is 10. The minimum absolute atomic E-state index is 0.0708. The summed E-state index contributed by atoms with van der Waals surface area (Å²) >= 11 is 0. The number of aliphatic hydroxyl groups is 1. The fourth-order valence-corrected chi connectivity index (χ4v) is 8.49. The third-order valence-electron chi connectivity index (χ3n) is 12.8. The second-order valence-electron chi connectivity index (χ2n) is 19.3. The highest BCUT2D eigenvalue weighted by Crippen LogP contribution is 2.17. The van der Waals surface area contributed by atoms with Crippen molar-refractivity contribution in [1.82, 2.24) is 0 Å². The van der Waals surface area contributed by atoms with Crippen LogP contribution in [0.15, 0.2) is 60.8 Å². The molecule has 384 valence electrons. The monoisotopic (exact) mass is 923 g/mol. The van der Waals surface area contributed by atoms with Gasteiger partial charge >= 0.3 is 11.9 Å². The zero-order chi connectivity index (χ0) is 47.7. The van der Waals surface area contributed by atoms with Crippen LogP contribution in [0, 0.1) is 0 Å². The summed E-state index contributed by atoms with van der Waals surface area (Å²) in [5, 5.41) is 9.64. The first kappa shape index (κ1) is 63.6. The molecule has 0 heterocycles. The molecule has 0 saturated carbocycles. The zero-order valence-corrected chi connectivity index (χ0v) is 44.0. The molecule has 1 N–H and O–H groups in total. The van der Waals surface area contributed by atoms with Crippen molar-refractivity contribution < 1.29 is 24.2 Å². The molecule has 0 rings (SSSR count). The molecule has 0 aromatic heterocycles. The van der Waals surface area contributed by atoms with Crippen LogP contribution in [-0.2, 0) is 19.1 Å². The normalized spacial score (nSPS) is 12.6. The first-order valence-electron chi connectivity index (χ1n) is 28.8. The van der Waals surface area contributed by atoms with E-state index in [9.17, 15) is 14.7 Å². The van der Waals surface area contributed by atoms with Gasteiger partial charge in [-0.05, 0) is 77.0 Å². The van der Waals surface area contributed by atoms with Gasteiger partial charge < -0.3 is 14.6 Å². The Morgan fingerprint density at radius 3 is 1.00 bits per heavy atom. The van der Waals surface area contributed by atoms with Gasteiger partial charge in [0.1, 0.15) is 6.61 Å². The Morgan fingerprint density at radius 1 is 0.364 bits per heavy atom. The van der Waals surface area contributed by atoms with Gasteiger partial charge in [0, 0.05) is 12.8 Å². The summed E-state index contributed by atoms with van der Waals surface area (Å²) in [6, 6.07) is 0. The van der Waals surface area contributed by atoms with E-state index < -0.39 is 6.10 Å². The molecule has 0 spiro atoms. The number of carbonyl (C=O) groups excluding carboxylic acids is 2. The highest BCUT2D eigenvalue weighted by molar-refractivity contribution is 5.70. The van der Waals surface area contributed by atoms with Crippen LogP contribution < -0.4 is 0 Å². The summed E-state index contributed by atoms with van der Waals surface area (Å²) in [5.74, 6) is -0.597. The van der Waals surface area contributed by atoms with Crippen molar-refractivity contribution in [2.45, 2.75) is 302 Å². The van der Waals surface area contributed by atoms with Gasteiger partial charge in [-0.2, -0.15) is 0 Å². The molecular formula is C61H110O5. The largest absolute Gasteiger partial charge is 0.462 e. The topological polar surface area (TPSA) is 72.8 Å². The average molecular weight is 924 g/mol. The number of hydrogen-bond acceptors (Lipinski definition) is 5. The lowest BCUT2D eigenvalue weighted by atomic mass is 10.0. The van der Waals surface area contributed by atoms with E-state index >= 15 is 0 Å². The Labute approximate surface area is 411 Å². The molecule has 0 aromatic carbocycles. The third-order valence-corrected chi connectivity index (χ3v) is 12.8. The molecule has 1 unspecified atom stereocenters. The summed E-state index contributed by atoms with van der Waals surface area (Å²) in [7, 11) is 0. The molecule has 0 aromatic rings. The Morgan fingerprint density at radius 2 is 0.652 bits per heavy atom. The van der Waals surface area contributed by atoms with E-state index in [4.69, 9.17) is 9.47 Å². The van der Waals surface area contributed by atoms with Gasteiger partial charge in [0.15, 0.2) is 6.10 Å². The van der Waals surface area contributed by atoms with Gasteiger partial charge in [-0.25, -0.2) is 0 Å². The molecule has 0 bridgehead atoms. The summed E-state index contributed by atoms with van der Waals surface area (Å²) in [4.78, 5) is 24.5. The molecule has 5 heteroatoms. The van der Waals surface area contributed by atoms with Crippen LogP contribution in [0.3, 0.4) is 0 Å². The molecule has 0 fully saturated rings. The van der Waals surface area contributed by atoms with Crippen LogP contribution in [0.2, 0.25) is 0 Å². The highest BCUT2D eigenvalue weighted by Gasteiger charge is 2.16. The number of unbranched alkanes of at least 4 members (excludes halogenated alkanes) is 35. The van der Waals surface area contributed by atoms with Gasteiger partial charge in [-0.3, -0.25) is 9.59 Å². The predicted molar refractivity (Wildman–Crippen MR) is 288 cm³/mol. The Hall–Kier alpha value is -2.40. The van der Waals surface area contributed by atoms with E-state index in [2.05, 4.69) is 74.6 Å². The van der Waals surface area contributed by atoms with Gasteiger partial charge in [0.05, 0.1) is 6.61 Å². The number of ether oxygens (including phenoxy) is 2. The van der Waals surface area contributed by atoms with E-state index in [1.165, 1.54) is 199 Å². The molecule has 0 amide bonds. The van der Waals surface area contributed by atoms with Crippen molar-refractivity contribution >= 4 is 11.9 Å². The molecule has 0 aliphatic rings. The average Bonchev–Trinajstić information content (AvgIpc) is 3.32. The molecule has 0 saturated heterocycles. The summed E-state index contributed by atoms with van der Waals surface area (Å²) in [6.07, 6.45) is 76.4. The van der Waals surface area contributed by atoms with Gasteiger partial charge in [0.25, 0.3) is 0 Å². The number of esters is 2. The first-order chi connectivity index (χ1) is 32.6. The molecular weight excluding hydrogens is 813 g/mol. The van der Waals surface area contributed by atoms with E-state index in [0.717, 1.165) is 70.6 Å². The smallest absolute Gasteiger partial charge is 0.306 e. The predicted octanol–water partition coefficient (Wildman–Crippen LogP) is 19.4. The van der Waals surface area contributed by atoms with Crippen LogP contribution in [-0.4, -0.2) is 36.4 Å².